The van der Waals surface area contributed by atoms with E-state index in [1.807, 2.05) is 24.3 Å². The molecule has 6 heterocycles. The van der Waals surface area contributed by atoms with Crippen molar-refractivity contribution < 1.29 is 18.9 Å². The van der Waals surface area contributed by atoms with Crippen LogP contribution in [0.2, 0.25) is 0 Å². The van der Waals surface area contributed by atoms with Crippen LogP contribution in [0.5, 0.6) is 34.5 Å². The van der Waals surface area contributed by atoms with Gasteiger partial charge >= 0.3 is 0 Å². The number of fused-ring (bicyclic) bond motifs is 11. The zero-order chi connectivity index (χ0) is 42.3. The van der Waals surface area contributed by atoms with Gasteiger partial charge in [0.1, 0.15) is 34.5 Å². The summed E-state index contributed by atoms with van der Waals surface area (Å²) in [4.78, 5) is 0. The first-order chi connectivity index (χ1) is 30.0. The summed E-state index contributed by atoms with van der Waals surface area (Å²) in [6.07, 6.45) is 11.9. The van der Waals surface area contributed by atoms with Gasteiger partial charge < -0.3 is 18.9 Å². The zero-order valence-corrected chi connectivity index (χ0v) is 36.5. The number of hydrogen-bond acceptors (Lipinski definition) is 4. The molecule has 8 aliphatic rings. The van der Waals surface area contributed by atoms with Gasteiger partial charge in [-0.3, -0.25) is 0 Å². The number of benzene rings is 7. The van der Waals surface area contributed by atoms with Crippen molar-refractivity contribution in [1.29, 1.82) is 0 Å². The van der Waals surface area contributed by atoms with E-state index in [2.05, 4.69) is 155 Å². The molecule has 7 aromatic carbocycles. The van der Waals surface area contributed by atoms with Gasteiger partial charge in [0.05, 0.1) is 7.11 Å². The quantitative estimate of drug-likeness (QED) is 0.174. The molecule has 7 aromatic rings. The summed E-state index contributed by atoms with van der Waals surface area (Å²) in [6, 6.07) is 49.5. The van der Waals surface area contributed by atoms with Crippen molar-refractivity contribution in [1.82, 2.24) is 0 Å². The predicted molar refractivity (Wildman–Crippen MR) is 252 cm³/mol. The summed E-state index contributed by atoms with van der Waals surface area (Å²) in [6.45, 7) is 9.94. The second-order valence-electron chi connectivity index (χ2n) is 19.8. The Morgan fingerprint density at radius 1 is 0.581 bits per heavy atom. The van der Waals surface area contributed by atoms with E-state index in [0.29, 0.717) is 0 Å². The van der Waals surface area contributed by atoms with Gasteiger partial charge in [-0.25, -0.2) is 0 Å². The molecule has 0 amide bonds. The summed E-state index contributed by atoms with van der Waals surface area (Å²) >= 11 is 0. The minimum absolute atomic E-state index is 0.132. The van der Waals surface area contributed by atoms with Crippen LogP contribution in [0.1, 0.15) is 94.0 Å². The van der Waals surface area contributed by atoms with E-state index in [1.165, 1.54) is 45.2 Å². The minimum Gasteiger partial charge on any atom is -0.496 e. The Balaban J connectivity index is 1.13. The third-order valence-electron chi connectivity index (χ3n) is 14.0. The molecule has 62 heavy (non-hydrogen) atoms. The SMILES string of the molecule is COc1cc2c3c(c4c(c2cc1-c1ccccc1)-c1ccccc1C41CC(C)(C)CC(C)(C)C1)C=CC1(CCCCc2ccc(cc2)Oc2ccc(cc2)Oc2ccc1cc2)O3. The fraction of sp³-hybridized carbons (Fsp3) is 0.276. The number of ether oxygens (including phenoxy) is 4. The maximum atomic E-state index is 7.86. The second kappa shape index (κ2) is 14.4. The average Bonchev–Trinajstić information content (AvgIpc) is 3.53. The maximum absolute atomic E-state index is 7.86. The van der Waals surface area contributed by atoms with E-state index < -0.39 is 5.60 Å². The number of rotatable bonds is 2. The van der Waals surface area contributed by atoms with Crippen LogP contribution in [0.3, 0.4) is 0 Å². The molecule has 1 fully saturated rings. The first kappa shape index (κ1) is 38.6. The molecule has 0 N–H and O–H groups in total. The molecule has 0 saturated heterocycles. The highest BCUT2D eigenvalue weighted by Crippen LogP contribution is 2.67. The Labute approximate surface area is 366 Å². The second-order valence-corrected chi connectivity index (χ2v) is 19.8. The van der Waals surface area contributed by atoms with Crippen molar-refractivity contribution in [3.05, 3.63) is 173 Å². The topological polar surface area (TPSA) is 36.9 Å². The maximum Gasteiger partial charge on any atom is 0.153 e. The fourth-order valence-electron chi connectivity index (χ4n) is 12.3. The smallest absolute Gasteiger partial charge is 0.153 e. The molecule has 1 atom stereocenters. The van der Waals surface area contributed by atoms with Crippen LogP contribution in [0, 0.1) is 10.8 Å². The lowest BCUT2D eigenvalue weighted by molar-refractivity contribution is 0.0637. The lowest BCUT2D eigenvalue weighted by Crippen LogP contribution is -2.44. The number of aryl methyl sites for hydroxylation is 1. The Morgan fingerprint density at radius 2 is 1.19 bits per heavy atom. The normalized spacial score (nSPS) is 20.0. The lowest BCUT2D eigenvalue weighted by Gasteiger charge is -2.52. The summed E-state index contributed by atoms with van der Waals surface area (Å²) < 4.78 is 26.7. The van der Waals surface area contributed by atoms with Crippen LogP contribution < -0.4 is 18.9 Å². The largest absolute Gasteiger partial charge is 0.496 e. The molecule has 2 spiro atoms. The van der Waals surface area contributed by atoms with Crippen LogP contribution in [-0.4, -0.2) is 7.11 Å². The molecule has 6 aliphatic heterocycles. The Hall–Kier alpha value is -6.26. The number of hydrogen-bond donors (Lipinski definition) is 0. The van der Waals surface area contributed by atoms with E-state index in [9.17, 15) is 0 Å². The molecule has 0 aromatic heterocycles. The predicted octanol–water partition coefficient (Wildman–Crippen LogP) is 15.6. The monoisotopic (exact) mass is 814 g/mol. The highest BCUT2D eigenvalue weighted by Gasteiger charge is 2.55. The summed E-state index contributed by atoms with van der Waals surface area (Å²) in [7, 11) is 1.79. The molecule has 6 bridgehead atoms. The molecule has 2 aliphatic carbocycles. The molecule has 310 valence electrons. The van der Waals surface area contributed by atoms with Crippen molar-refractivity contribution in [3.63, 3.8) is 0 Å². The summed E-state index contributed by atoms with van der Waals surface area (Å²) in [5.74, 6) is 4.91. The molecule has 0 radical (unpaired) electrons. The van der Waals surface area contributed by atoms with Crippen LogP contribution in [-0.2, 0) is 17.4 Å². The molecule has 1 saturated carbocycles. The zero-order valence-electron chi connectivity index (χ0n) is 36.5. The average molecular weight is 815 g/mol. The third-order valence-corrected chi connectivity index (χ3v) is 14.0. The fourth-order valence-corrected chi connectivity index (χ4v) is 12.3. The van der Waals surface area contributed by atoms with Gasteiger partial charge in [-0.1, -0.05) is 113 Å². The van der Waals surface area contributed by atoms with Gasteiger partial charge in [-0.05, 0) is 167 Å². The molecule has 4 heteroatoms. The lowest BCUT2D eigenvalue weighted by atomic mass is 9.52. The van der Waals surface area contributed by atoms with E-state index in [0.717, 1.165) is 95.1 Å². The van der Waals surface area contributed by atoms with Crippen LogP contribution in [0.4, 0.5) is 0 Å². The van der Waals surface area contributed by atoms with Gasteiger partial charge in [-0.15, -0.1) is 0 Å². The Kier molecular flexibility index (Phi) is 8.98. The van der Waals surface area contributed by atoms with Crippen LogP contribution in [0.25, 0.3) is 39.1 Å². The Morgan fingerprint density at radius 3 is 1.85 bits per heavy atom. The number of methoxy groups -OCH3 is 1. The van der Waals surface area contributed by atoms with E-state index in [1.54, 1.807) is 7.11 Å². The van der Waals surface area contributed by atoms with Crippen molar-refractivity contribution in [2.24, 2.45) is 10.8 Å². The van der Waals surface area contributed by atoms with Crippen molar-refractivity contribution >= 4 is 16.8 Å². The molecule has 1 unspecified atom stereocenters. The first-order valence-corrected chi connectivity index (χ1v) is 22.4. The molecule has 4 nitrogen and oxygen atoms in total. The van der Waals surface area contributed by atoms with E-state index in [-0.39, 0.29) is 16.2 Å². The van der Waals surface area contributed by atoms with E-state index >= 15 is 0 Å². The van der Waals surface area contributed by atoms with Crippen molar-refractivity contribution in [2.45, 2.75) is 83.7 Å². The van der Waals surface area contributed by atoms with Crippen molar-refractivity contribution in [3.8, 4) is 56.8 Å². The van der Waals surface area contributed by atoms with Gasteiger partial charge in [0.2, 0.25) is 0 Å². The first-order valence-electron chi connectivity index (χ1n) is 22.4. The van der Waals surface area contributed by atoms with Gasteiger partial charge in [0, 0.05) is 21.9 Å². The Bertz CT molecular complexity index is 2850. The summed E-state index contributed by atoms with van der Waals surface area (Å²) in [5.41, 5.74) is 10.8. The standard InChI is InChI=1S/C58H54O4/c1-55(2)35-56(3,4)37-57(36-55)50-17-10-9-16-45(50)52-48-33-47(39-14-7-6-8-15-39)51(59-5)34-49(48)54-46(53(52)57)30-32-58(62-54)31-12-11-13-38-18-22-41(23-19-38)60-43-26-28-44(29-27-43)61-42-24-20-40(58)21-25-42/h6-10,14-30,32-34H,11-13,31,35-37H2,1-5H3. The highest BCUT2D eigenvalue weighted by molar-refractivity contribution is 6.10. The molecular formula is C58H54O4. The van der Waals surface area contributed by atoms with Gasteiger partial charge in [0.25, 0.3) is 0 Å². The highest BCUT2D eigenvalue weighted by atomic mass is 16.5. The van der Waals surface area contributed by atoms with Crippen LogP contribution in [0.15, 0.2) is 146 Å². The summed E-state index contributed by atoms with van der Waals surface area (Å²) in [5, 5.41) is 2.30. The minimum atomic E-state index is -0.718. The van der Waals surface area contributed by atoms with E-state index in [4.69, 9.17) is 18.9 Å². The molecular weight excluding hydrogens is 761 g/mol. The van der Waals surface area contributed by atoms with Gasteiger partial charge in [-0.2, -0.15) is 0 Å². The van der Waals surface area contributed by atoms with Crippen LogP contribution >= 0.6 is 0 Å². The third kappa shape index (κ3) is 6.49. The molecule has 15 rings (SSSR count). The van der Waals surface area contributed by atoms with Gasteiger partial charge in [0.15, 0.2) is 5.60 Å². The van der Waals surface area contributed by atoms with Crippen molar-refractivity contribution in [2.75, 3.05) is 7.11 Å².